The molecule has 1 aliphatic rings. The van der Waals surface area contributed by atoms with Gasteiger partial charge in [-0.3, -0.25) is 4.90 Å². The van der Waals surface area contributed by atoms with Crippen molar-refractivity contribution in [3.63, 3.8) is 0 Å². The predicted octanol–water partition coefficient (Wildman–Crippen LogP) is 1.80. The van der Waals surface area contributed by atoms with Gasteiger partial charge in [0.05, 0.1) is 0 Å². The summed E-state index contributed by atoms with van der Waals surface area (Å²) in [6.07, 6.45) is 3.13. The fraction of sp³-hybridized carbons (Fsp3) is 0.769. The van der Waals surface area contributed by atoms with Crippen LogP contribution in [0.2, 0.25) is 0 Å². The largest absolute Gasteiger partial charge is 0.396 e. The van der Waals surface area contributed by atoms with Crippen LogP contribution in [0, 0.1) is 5.92 Å². The molecule has 1 atom stereocenters. The fourth-order valence-electron chi connectivity index (χ4n) is 2.44. The lowest BCUT2D eigenvalue weighted by atomic mass is 10.1. The molecule has 0 radical (unpaired) electrons. The maximum atomic E-state index is 9.15. The van der Waals surface area contributed by atoms with Gasteiger partial charge in [0.15, 0.2) is 5.13 Å². The summed E-state index contributed by atoms with van der Waals surface area (Å²) in [6.45, 7) is 9.78. The first-order valence-electron chi connectivity index (χ1n) is 6.79. The molecule has 1 N–H and O–H groups in total. The van der Waals surface area contributed by atoms with Gasteiger partial charge in [0, 0.05) is 43.9 Å². The number of hydrogen-bond donors (Lipinski definition) is 1. The number of aromatic nitrogens is 1. The van der Waals surface area contributed by atoms with Crippen molar-refractivity contribution in [2.24, 2.45) is 5.92 Å². The van der Waals surface area contributed by atoms with E-state index in [4.69, 9.17) is 5.11 Å². The molecule has 2 heterocycles. The Morgan fingerprint density at radius 1 is 1.50 bits per heavy atom. The lowest BCUT2D eigenvalue weighted by Crippen LogP contribution is -2.21. The summed E-state index contributed by atoms with van der Waals surface area (Å²) in [5, 5.41) is 10.3. The van der Waals surface area contributed by atoms with Crippen LogP contribution in [-0.4, -0.2) is 47.8 Å². The van der Waals surface area contributed by atoms with Crippen molar-refractivity contribution in [1.82, 2.24) is 9.88 Å². The molecule has 5 heteroatoms. The summed E-state index contributed by atoms with van der Waals surface area (Å²) in [5.74, 6) is 0.472. The molecule has 0 saturated carbocycles. The van der Waals surface area contributed by atoms with Gasteiger partial charge in [0.2, 0.25) is 0 Å². The van der Waals surface area contributed by atoms with E-state index in [0.717, 1.165) is 44.3 Å². The molecule has 2 rings (SSSR count). The number of likely N-dealkylation sites (tertiary alicyclic amines) is 1. The summed E-state index contributed by atoms with van der Waals surface area (Å²) < 4.78 is 0. The van der Waals surface area contributed by atoms with E-state index >= 15 is 0 Å². The third-order valence-electron chi connectivity index (χ3n) is 3.58. The Labute approximate surface area is 113 Å². The molecule has 1 aromatic rings. The average molecular weight is 269 g/mol. The third-order valence-corrected chi connectivity index (χ3v) is 4.63. The molecular formula is C13H23N3OS. The van der Waals surface area contributed by atoms with Crippen molar-refractivity contribution in [3.05, 3.63) is 11.1 Å². The lowest BCUT2D eigenvalue weighted by molar-refractivity contribution is 0.220. The maximum absolute atomic E-state index is 9.15. The standard InChI is InChI=1S/C13H23N3OS/c1-3-16(4-2)13-14-7-12(18-13)9-15-6-5-11(8-15)10-17/h7,11,17H,3-6,8-10H2,1-2H3. The van der Waals surface area contributed by atoms with Crippen molar-refractivity contribution >= 4 is 16.5 Å². The molecule has 1 saturated heterocycles. The highest BCUT2D eigenvalue weighted by molar-refractivity contribution is 7.15. The van der Waals surface area contributed by atoms with E-state index in [1.807, 2.05) is 6.20 Å². The number of rotatable bonds is 6. The van der Waals surface area contributed by atoms with Gasteiger partial charge in [-0.1, -0.05) is 0 Å². The smallest absolute Gasteiger partial charge is 0.185 e. The zero-order valence-electron chi connectivity index (χ0n) is 11.3. The average Bonchev–Trinajstić information content (AvgIpc) is 3.01. The summed E-state index contributed by atoms with van der Waals surface area (Å²) >= 11 is 1.80. The van der Waals surface area contributed by atoms with Crippen molar-refractivity contribution in [2.45, 2.75) is 26.8 Å². The molecule has 0 aromatic carbocycles. The van der Waals surface area contributed by atoms with Gasteiger partial charge in [0.1, 0.15) is 0 Å². The van der Waals surface area contributed by atoms with Gasteiger partial charge >= 0.3 is 0 Å². The molecule has 18 heavy (non-hydrogen) atoms. The fourth-order valence-corrected chi connectivity index (χ4v) is 3.52. The maximum Gasteiger partial charge on any atom is 0.185 e. The Balaban J connectivity index is 1.91. The van der Waals surface area contributed by atoms with Crippen LogP contribution >= 0.6 is 11.3 Å². The van der Waals surface area contributed by atoms with Crippen LogP contribution in [0.15, 0.2) is 6.20 Å². The van der Waals surface area contributed by atoms with Gasteiger partial charge < -0.3 is 10.0 Å². The number of hydrogen-bond acceptors (Lipinski definition) is 5. The van der Waals surface area contributed by atoms with E-state index in [0.29, 0.717) is 12.5 Å². The van der Waals surface area contributed by atoms with Gasteiger partial charge in [-0.2, -0.15) is 0 Å². The van der Waals surface area contributed by atoms with Crippen LogP contribution in [-0.2, 0) is 6.54 Å². The second-order valence-corrected chi connectivity index (χ2v) is 5.95. The molecule has 0 spiro atoms. The van der Waals surface area contributed by atoms with Crippen LogP contribution in [0.3, 0.4) is 0 Å². The number of thiazole rings is 1. The van der Waals surface area contributed by atoms with E-state index in [9.17, 15) is 0 Å². The molecule has 102 valence electrons. The molecule has 1 aliphatic heterocycles. The van der Waals surface area contributed by atoms with Crippen molar-refractivity contribution < 1.29 is 5.11 Å². The van der Waals surface area contributed by atoms with Crippen LogP contribution in [0.4, 0.5) is 5.13 Å². The van der Waals surface area contributed by atoms with Crippen LogP contribution in [0.25, 0.3) is 0 Å². The molecule has 1 unspecified atom stereocenters. The summed E-state index contributed by atoms with van der Waals surface area (Å²) in [5.41, 5.74) is 0. The molecule has 0 bridgehead atoms. The monoisotopic (exact) mass is 269 g/mol. The van der Waals surface area contributed by atoms with E-state index in [2.05, 4.69) is 28.6 Å². The zero-order chi connectivity index (χ0) is 13.0. The van der Waals surface area contributed by atoms with Gasteiger partial charge in [-0.15, -0.1) is 11.3 Å². The molecule has 1 aromatic heterocycles. The first kappa shape index (κ1) is 13.8. The van der Waals surface area contributed by atoms with E-state index < -0.39 is 0 Å². The summed E-state index contributed by atoms with van der Waals surface area (Å²) in [6, 6.07) is 0. The van der Waals surface area contributed by atoms with Crippen molar-refractivity contribution in [3.8, 4) is 0 Å². The van der Waals surface area contributed by atoms with E-state index in [-0.39, 0.29) is 0 Å². The second kappa shape index (κ2) is 6.50. The number of anilines is 1. The van der Waals surface area contributed by atoms with Crippen LogP contribution in [0.1, 0.15) is 25.1 Å². The first-order valence-corrected chi connectivity index (χ1v) is 7.61. The lowest BCUT2D eigenvalue weighted by Gasteiger charge is -2.17. The Kier molecular flexibility index (Phi) is 4.97. The summed E-state index contributed by atoms with van der Waals surface area (Å²) in [4.78, 5) is 10.5. The Morgan fingerprint density at radius 2 is 2.28 bits per heavy atom. The van der Waals surface area contributed by atoms with Gasteiger partial charge in [-0.25, -0.2) is 4.98 Å². The quantitative estimate of drug-likeness (QED) is 0.855. The van der Waals surface area contributed by atoms with Crippen LogP contribution < -0.4 is 4.90 Å². The highest BCUT2D eigenvalue weighted by Gasteiger charge is 2.22. The van der Waals surface area contributed by atoms with E-state index in [1.54, 1.807) is 11.3 Å². The molecule has 1 fully saturated rings. The Morgan fingerprint density at radius 3 is 2.89 bits per heavy atom. The minimum atomic E-state index is 0.323. The normalized spacial score (nSPS) is 20.5. The van der Waals surface area contributed by atoms with Crippen LogP contribution in [0.5, 0.6) is 0 Å². The van der Waals surface area contributed by atoms with Crippen molar-refractivity contribution in [1.29, 1.82) is 0 Å². The molecule has 0 amide bonds. The zero-order valence-corrected chi connectivity index (χ0v) is 12.1. The SMILES string of the molecule is CCN(CC)c1ncc(CN2CCC(CO)C2)s1. The molecule has 0 aliphatic carbocycles. The minimum absolute atomic E-state index is 0.323. The molecular weight excluding hydrogens is 246 g/mol. The molecule has 4 nitrogen and oxygen atoms in total. The highest BCUT2D eigenvalue weighted by atomic mass is 32.1. The highest BCUT2D eigenvalue weighted by Crippen LogP contribution is 2.25. The minimum Gasteiger partial charge on any atom is -0.396 e. The topological polar surface area (TPSA) is 39.6 Å². The second-order valence-electron chi connectivity index (χ2n) is 4.85. The number of aliphatic hydroxyl groups is 1. The first-order chi connectivity index (χ1) is 8.76. The predicted molar refractivity (Wildman–Crippen MR) is 76.1 cm³/mol. The number of aliphatic hydroxyl groups excluding tert-OH is 1. The Hall–Kier alpha value is -0.650. The van der Waals surface area contributed by atoms with Gasteiger partial charge in [-0.05, 0) is 32.7 Å². The third kappa shape index (κ3) is 3.22. The van der Waals surface area contributed by atoms with Gasteiger partial charge in [0.25, 0.3) is 0 Å². The summed E-state index contributed by atoms with van der Waals surface area (Å²) in [7, 11) is 0. The van der Waals surface area contributed by atoms with Crippen molar-refractivity contribution in [2.75, 3.05) is 37.7 Å². The van der Waals surface area contributed by atoms with E-state index in [1.165, 1.54) is 4.88 Å². The Bertz CT molecular complexity index is 365. The number of nitrogens with zero attached hydrogens (tertiary/aromatic N) is 3.